The smallest absolute Gasteiger partial charge is 0.160 e. The molecule has 4 heteroatoms. The maximum Gasteiger partial charge on any atom is 0.160 e. The fourth-order valence-corrected chi connectivity index (χ4v) is 14.5. The number of fused-ring (bicyclic) bond motifs is 20. The Kier molecular flexibility index (Phi) is 9.12. The van der Waals surface area contributed by atoms with Gasteiger partial charge in [-0.05, 0) is 120 Å². The number of hydrogen-bond acceptors (Lipinski definition) is 2. The second-order valence-corrected chi connectivity index (χ2v) is 21.9. The van der Waals surface area contributed by atoms with E-state index >= 15 is 0 Å². The number of hydrogen-bond donors (Lipinski definition) is 0. The minimum atomic E-state index is -0.573. The highest BCUT2D eigenvalue weighted by Crippen LogP contribution is 2.61. The van der Waals surface area contributed by atoms with E-state index in [0.717, 1.165) is 39.2 Å². The van der Waals surface area contributed by atoms with E-state index in [9.17, 15) is 0 Å². The number of rotatable bonds is 5. The summed E-state index contributed by atoms with van der Waals surface area (Å²) < 4.78 is 5.05. The maximum absolute atomic E-state index is 5.45. The third-order valence-corrected chi connectivity index (χ3v) is 17.9. The summed E-state index contributed by atoms with van der Waals surface area (Å²) in [6.45, 7) is 0. The van der Waals surface area contributed by atoms with Crippen LogP contribution in [0.15, 0.2) is 279 Å². The number of benzene rings is 13. The summed E-state index contributed by atoms with van der Waals surface area (Å²) in [6, 6.07) is 103. The average Bonchev–Trinajstić information content (AvgIpc) is 2.53. The summed E-state index contributed by atoms with van der Waals surface area (Å²) in [7, 11) is 0. The highest BCUT2D eigenvalue weighted by atomic mass is 15.0. The van der Waals surface area contributed by atoms with E-state index in [0.29, 0.717) is 5.82 Å². The van der Waals surface area contributed by atoms with Gasteiger partial charge < -0.3 is 9.13 Å². The zero-order valence-electron chi connectivity index (χ0n) is 43.8. The van der Waals surface area contributed by atoms with Crippen molar-refractivity contribution < 1.29 is 0 Å². The zero-order valence-corrected chi connectivity index (χ0v) is 43.8. The SMILES string of the molecule is c1ccc(-c2cc(-c3cc4ccccc4c4ccccc34)nc(-c3ccc(-n4c5c(-c6ccc7c(c6)C6(c8ccccc8-7)c7ccccc7-n7c8ccccc8c8cccc6c87)cccc5c5ccc6ccccc6c54)cc3)n2)cc1. The first-order chi connectivity index (χ1) is 40.2. The molecule has 0 amide bonds. The van der Waals surface area contributed by atoms with Crippen molar-refractivity contribution in [3.05, 3.63) is 301 Å². The molecule has 0 N–H and O–H groups in total. The molecule has 1 spiro atoms. The summed E-state index contributed by atoms with van der Waals surface area (Å²) in [5, 5.41) is 12.2. The first-order valence-electron chi connectivity index (χ1n) is 28.0. The minimum absolute atomic E-state index is 0.573. The van der Waals surface area contributed by atoms with E-state index in [2.05, 4.69) is 288 Å². The maximum atomic E-state index is 5.45. The molecule has 1 aliphatic heterocycles. The molecule has 13 aromatic carbocycles. The highest BCUT2D eigenvalue weighted by molar-refractivity contribution is 6.21. The Bertz CT molecular complexity index is 5350. The topological polar surface area (TPSA) is 35.6 Å². The predicted molar refractivity (Wildman–Crippen MR) is 336 cm³/mol. The number of aromatic nitrogens is 4. The van der Waals surface area contributed by atoms with Crippen LogP contribution in [-0.2, 0) is 5.41 Å². The molecule has 4 heterocycles. The van der Waals surface area contributed by atoms with Gasteiger partial charge in [0.25, 0.3) is 0 Å². The third kappa shape index (κ3) is 6.08. The van der Waals surface area contributed by atoms with E-state index < -0.39 is 5.41 Å². The van der Waals surface area contributed by atoms with Crippen LogP contribution >= 0.6 is 0 Å². The molecule has 2 aliphatic rings. The van der Waals surface area contributed by atoms with Crippen molar-refractivity contribution in [2.45, 2.75) is 5.41 Å². The molecular weight excluding hydrogens is 981 g/mol. The van der Waals surface area contributed by atoms with Gasteiger partial charge in [0.15, 0.2) is 5.82 Å². The second kappa shape index (κ2) is 16.7. The monoisotopic (exact) mass is 1030 g/mol. The Morgan fingerprint density at radius 3 is 1.74 bits per heavy atom. The van der Waals surface area contributed by atoms with Crippen molar-refractivity contribution >= 4 is 75.9 Å². The summed E-state index contributed by atoms with van der Waals surface area (Å²) in [4.78, 5) is 10.8. The lowest BCUT2D eigenvalue weighted by Gasteiger charge is -2.39. The lowest BCUT2D eigenvalue weighted by Crippen LogP contribution is -2.33. The normalized spacial score (nSPS) is 14.2. The molecule has 81 heavy (non-hydrogen) atoms. The molecule has 374 valence electrons. The summed E-state index contributed by atoms with van der Waals surface area (Å²) in [5.41, 5.74) is 21.6. The standard InChI is InChI=1S/C77H46N4/c1-2-19-48(20-3-1)69-46-70(64-44-50-21-5-6-22-53(50)56-24-8-9-25-57(56)64)79-76(78-69)49-36-40-52(41-37-49)80-73-54-23-7-4-18-47(54)38-43-63(73)62-29-16-28-55(74(62)80)51-39-42-59-58-26-10-12-31-65(58)77(68(59)45-51)66-32-13-15-35-72(66)81-71-34-14-11-27-60(71)61-30-17-33-67(77)75(61)81/h1-46H. The van der Waals surface area contributed by atoms with Crippen LogP contribution in [0.4, 0.5) is 0 Å². The molecule has 0 fully saturated rings. The van der Waals surface area contributed by atoms with E-state index in [-0.39, 0.29) is 0 Å². The van der Waals surface area contributed by atoms with Crippen LogP contribution in [-0.4, -0.2) is 19.1 Å². The van der Waals surface area contributed by atoms with Crippen LogP contribution < -0.4 is 0 Å². The van der Waals surface area contributed by atoms with Crippen molar-refractivity contribution in [3.63, 3.8) is 0 Å². The molecule has 4 nitrogen and oxygen atoms in total. The fourth-order valence-electron chi connectivity index (χ4n) is 14.5. The Balaban J connectivity index is 0.859. The predicted octanol–water partition coefficient (Wildman–Crippen LogP) is 19.5. The molecule has 1 unspecified atom stereocenters. The van der Waals surface area contributed by atoms with Crippen LogP contribution in [0.3, 0.4) is 0 Å². The van der Waals surface area contributed by atoms with Crippen LogP contribution in [0, 0.1) is 0 Å². The molecule has 0 bridgehead atoms. The quantitative estimate of drug-likeness (QED) is 0.161. The van der Waals surface area contributed by atoms with Gasteiger partial charge in [0.05, 0.1) is 44.6 Å². The second-order valence-electron chi connectivity index (χ2n) is 21.9. The van der Waals surface area contributed by atoms with Gasteiger partial charge in [-0.2, -0.15) is 0 Å². The van der Waals surface area contributed by atoms with E-state index in [1.807, 2.05) is 0 Å². The highest BCUT2D eigenvalue weighted by Gasteiger charge is 2.51. The minimum Gasteiger partial charge on any atom is -0.309 e. The van der Waals surface area contributed by atoms with Crippen molar-refractivity contribution in [2.24, 2.45) is 0 Å². The van der Waals surface area contributed by atoms with Crippen LogP contribution in [0.25, 0.3) is 143 Å². The Hall–Kier alpha value is -10.7. The van der Waals surface area contributed by atoms with Gasteiger partial charge in [0, 0.05) is 54.9 Å². The van der Waals surface area contributed by atoms with Crippen LogP contribution in [0.2, 0.25) is 0 Å². The summed E-state index contributed by atoms with van der Waals surface area (Å²) >= 11 is 0. The lowest BCUT2D eigenvalue weighted by atomic mass is 9.65. The van der Waals surface area contributed by atoms with Gasteiger partial charge in [-0.1, -0.05) is 224 Å². The van der Waals surface area contributed by atoms with Gasteiger partial charge in [0.2, 0.25) is 0 Å². The van der Waals surface area contributed by atoms with Crippen molar-refractivity contribution in [1.82, 2.24) is 19.1 Å². The van der Waals surface area contributed by atoms with Crippen molar-refractivity contribution in [1.29, 1.82) is 0 Å². The molecule has 0 radical (unpaired) electrons. The van der Waals surface area contributed by atoms with Crippen LogP contribution in [0.1, 0.15) is 22.3 Å². The van der Waals surface area contributed by atoms with Crippen LogP contribution in [0.5, 0.6) is 0 Å². The van der Waals surface area contributed by atoms with Gasteiger partial charge in [-0.3, -0.25) is 0 Å². The Morgan fingerprint density at radius 2 is 0.877 bits per heavy atom. The number of para-hydroxylation sites is 4. The molecule has 3 aromatic heterocycles. The van der Waals surface area contributed by atoms with Gasteiger partial charge in [-0.15, -0.1) is 0 Å². The zero-order chi connectivity index (χ0) is 52.9. The first kappa shape index (κ1) is 44.3. The van der Waals surface area contributed by atoms with Gasteiger partial charge in [-0.25, -0.2) is 9.97 Å². The molecular formula is C77H46N4. The molecule has 16 aromatic rings. The Labute approximate surface area is 466 Å². The largest absolute Gasteiger partial charge is 0.309 e. The first-order valence-corrected chi connectivity index (χ1v) is 28.0. The van der Waals surface area contributed by atoms with E-state index in [4.69, 9.17) is 9.97 Å². The summed E-state index contributed by atoms with van der Waals surface area (Å²) in [5.74, 6) is 0.678. The number of nitrogens with zero attached hydrogens (tertiary/aromatic N) is 4. The molecule has 18 rings (SSSR count). The van der Waals surface area contributed by atoms with Gasteiger partial charge >= 0.3 is 0 Å². The van der Waals surface area contributed by atoms with Crippen molar-refractivity contribution in [3.8, 4) is 67.5 Å². The summed E-state index contributed by atoms with van der Waals surface area (Å²) in [6.07, 6.45) is 0. The Morgan fingerprint density at radius 1 is 0.272 bits per heavy atom. The van der Waals surface area contributed by atoms with E-state index in [1.165, 1.54) is 121 Å². The fraction of sp³-hybridized carbons (Fsp3) is 0.0130. The molecule has 1 aliphatic carbocycles. The van der Waals surface area contributed by atoms with E-state index in [1.54, 1.807) is 0 Å². The van der Waals surface area contributed by atoms with Gasteiger partial charge in [0.1, 0.15) is 0 Å². The molecule has 0 saturated heterocycles. The molecule has 0 saturated carbocycles. The lowest BCUT2D eigenvalue weighted by molar-refractivity contribution is 0.749. The third-order valence-electron chi connectivity index (χ3n) is 17.9. The molecule has 1 atom stereocenters. The van der Waals surface area contributed by atoms with Crippen molar-refractivity contribution in [2.75, 3.05) is 0 Å². The average molecular weight is 1030 g/mol.